The van der Waals surface area contributed by atoms with Crippen LogP contribution in [-0.4, -0.2) is 44.3 Å². The predicted octanol–water partition coefficient (Wildman–Crippen LogP) is 6.63. The van der Waals surface area contributed by atoms with Crippen molar-refractivity contribution < 1.29 is 18.0 Å². The lowest BCUT2D eigenvalue weighted by molar-refractivity contribution is -0.140. The van der Waals surface area contributed by atoms with Gasteiger partial charge in [0.25, 0.3) is 10.0 Å². The summed E-state index contributed by atoms with van der Waals surface area (Å²) < 4.78 is 29.6. The van der Waals surface area contributed by atoms with Crippen molar-refractivity contribution in [1.82, 2.24) is 10.2 Å². The van der Waals surface area contributed by atoms with Gasteiger partial charge in [-0.1, -0.05) is 84.8 Å². The molecule has 0 fully saturated rings. The quantitative estimate of drug-likeness (QED) is 0.177. The number of benzene rings is 4. The first kappa shape index (κ1) is 33.7. The molecule has 0 bridgehead atoms. The highest BCUT2D eigenvalue weighted by molar-refractivity contribution is 7.92. The molecule has 2 amide bonds. The zero-order chi connectivity index (χ0) is 32.6. The van der Waals surface area contributed by atoms with E-state index in [0.29, 0.717) is 17.3 Å². The number of rotatable bonds is 13. The summed E-state index contributed by atoms with van der Waals surface area (Å²) >= 11 is 6.31. The number of amides is 2. The molecule has 4 aromatic carbocycles. The molecule has 9 heteroatoms. The number of nitrogens with one attached hydrogen (secondary N) is 1. The molecule has 1 N–H and O–H groups in total. The highest BCUT2D eigenvalue weighted by Gasteiger charge is 2.34. The third kappa shape index (κ3) is 8.96. The van der Waals surface area contributed by atoms with E-state index in [1.54, 1.807) is 54.6 Å². The third-order valence-corrected chi connectivity index (χ3v) is 9.47. The maximum Gasteiger partial charge on any atom is 0.264 e. The number of nitrogens with zero attached hydrogens (tertiary/aromatic N) is 2. The van der Waals surface area contributed by atoms with Gasteiger partial charge in [-0.2, -0.15) is 0 Å². The molecule has 0 aliphatic heterocycles. The largest absolute Gasteiger partial charge is 0.354 e. The van der Waals surface area contributed by atoms with E-state index in [9.17, 15) is 18.0 Å². The van der Waals surface area contributed by atoms with Gasteiger partial charge in [-0.15, -0.1) is 0 Å². The fourth-order valence-electron chi connectivity index (χ4n) is 5.21. The molecule has 0 saturated carbocycles. The Morgan fingerprint density at radius 2 is 1.44 bits per heavy atom. The molecule has 236 valence electrons. The molecule has 4 rings (SSSR count). The van der Waals surface area contributed by atoms with Crippen LogP contribution in [-0.2, 0) is 32.6 Å². The van der Waals surface area contributed by atoms with Gasteiger partial charge < -0.3 is 10.2 Å². The van der Waals surface area contributed by atoms with E-state index in [2.05, 4.69) is 5.32 Å². The number of halogens is 1. The second kappa shape index (κ2) is 15.2. The van der Waals surface area contributed by atoms with Crippen LogP contribution in [0.1, 0.15) is 41.2 Å². The predicted molar refractivity (Wildman–Crippen MR) is 181 cm³/mol. The summed E-state index contributed by atoms with van der Waals surface area (Å²) in [6.45, 7) is 7.60. The van der Waals surface area contributed by atoms with Crippen molar-refractivity contribution in [2.45, 2.75) is 58.0 Å². The van der Waals surface area contributed by atoms with E-state index in [1.807, 2.05) is 70.2 Å². The molecule has 0 aliphatic rings. The van der Waals surface area contributed by atoms with Crippen molar-refractivity contribution in [1.29, 1.82) is 0 Å². The van der Waals surface area contributed by atoms with Crippen molar-refractivity contribution in [3.05, 3.63) is 130 Å². The Morgan fingerprint density at radius 3 is 2.07 bits per heavy atom. The Bertz CT molecular complexity index is 1710. The Balaban J connectivity index is 1.82. The number of carbonyl (C=O) groups is 2. The van der Waals surface area contributed by atoms with Gasteiger partial charge in [0.05, 0.1) is 10.6 Å². The molecular weight excluding hydrogens is 606 g/mol. The number of carbonyl (C=O) groups excluding carboxylic acids is 2. The average Bonchev–Trinajstić information content (AvgIpc) is 3.00. The van der Waals surface area contributed by atoms with E-state index >= 15 is 0 Å². The second-order valence-electron chi connectivity index (χ2n) is 11.3. The molecule has 0 saturated heterocycles. The van der Waals surface area contributed by atoms with Crippen LogP contribution in [0, 0.1) is 20.8 Å². The van der Waals surface area contributed by atoms with Gasteiger partial charge in [0.2, 0.25) is 11.8 Å². The van der Waals surface area contributed by atoms with Crippen LogP contribution in [0.25, 0.3) is 0 Å². The molecular formula is C36H40ClN3O4S. The molecule has 7 nitrogen and oxygen atoms in total. The van der Waals surface area contributed by atoms with Crippen molar-refractivity contribution in [2.24, 2.45) is 0 Å². The minimum absolute atomic E-state index is 0.0572. The van der Waals surface area contributed by atoms with Gasteiger partial charge in [-0.25, -0.2) is 8.42 Å². The normalized spacial score (nSPS) is 11.9. The zero-order valence-corrected chi connectivity index (χ0v) is 27.7. The van der Waals surface area contributed by atoms with E-state index in [1.165, 1.54) is 4.90 Å². The van der Waals surface area contributed by atoms with Crippen LogP contribution in [0.4, 0.5) is 5.69 Å². The molecule has 0 aromatic heterocycles. The molecule has 1 atom stereocenters. The highest BCUT2D eigenvalue weighted by Crippen LogP contribution is 2.27. The molecule has 4 aromatic rings. The van der Waals surface area contributed by atoms with Gasteiger partial charge in [0.15, 0.2) is 0 Å². The van der Waals surface area contributed by atoms with Crippen molar-refractivity contribution in [3.63, 3.8) is 0 Å². The lowest BCUT2D eigenvalue weighted by atomic mass is 10.0. The maximum absolute atomic E-state index is 14.5. The Morgan fingerprint density at radius 1 is 0.800 bits per heavy atom. The van der Waals surface area contributed by atoms with E-state index < -0.39 is 28.5 Å². The summed E-state index contributed by atoms with van der Waals surface area (Å²) in [4.78, 5) is 29.8. The summed E-state index contributed by atoms with van der Waals surface area (Å²) in [5.41, 5.74) is 4.60. The molecule has 0 spiro atoms. The van der Waals surface area contributed by atoms with Crippen LogP contribution < -0.4 is 9.62 Å². The van der Waals surface area contributed by atoms with Crippen molar-refractivity contribution >= 4 is 39.1 Å². The van der Waals surface area contributed by atoms with E-state index in [-0.39, 0.29) is 23.8 Å². The highest BCUT2D eigenvalue weighted by atomic mass is 35.5. The average molecular weight is 646 g/mol. The number of hydrogen-bond acceptors (Lipinski definition) is 4. The van der Waals surface area contributed by atoms with Gasteiger partial charge in [0.1, 0.15) is 12.6 Å². The number of hydrogen-bond donors (Lipinski definition) is 1. The monoisotopic (exact) mass is 645 g/mol. The second-order valence-corrected chi connectivity index (χ2v) is 13.6. The van der Waals surface area contributed by atoms with Crippen LogP contribution in [0.5, 0.6) is 0 Å². The van der Waals surface area contributed by atoms with Crippen molar-refractivity contribution in [3.8, 4) is 0 Å². The van der Waals surface area contributed by atoms with Gasteiger partial charge >= 0.3 is 0 Å². The van der Waals surface area contributed by atoms with E-state index in [0.717, 1.165) is 38.5 Å². The fourth-order valence-corrected chi connectivity index (χ4v) is 6.82. The summed E-state index contributed by atoms with van der Waals surface area (Å²) in [5.74, 6) is -0.826. The lowest BCUT2D eigenvalue weighted by Crippen LogP contribution is -2.53. The first-order valence-electron chi connectivity index (χ1n) is 15.0. The van der Waals surface area contributed by atoms with Crippen molar-refractivity contribution in [2.75, 3.05) is 17.4 Å². The summed E-state index contributed by atoms with van der Waals surface area (Å²) in [5, 5.41) is 3.45. The maximum atomic E-state index is 14.5. The number of anilines is 1. The first-order chi connectivity index (χ1) is 21.5. The summed E-state index contributed by atoms with van der Waals surface area (Å²) in [6, 6.07) is 27.7. The van der Waals surface area contributed by atoms with Crippen LogP contribution in [0.2, 0.25) is 5.02 Å². The lowest BCUT2D eigenvalue weighted by Gasteiger charge is -2.34. The SMILES string of the molecule is CCCNC(=O)[C@H](Cc1ccccc1)N(Cc1cccc(Cl)c1)C(=O)CN(c1cc(C)cc(C)c1)S(=O)(=O)c1ccc(C)cc1. The molecule has 45 heavy (non-hydrogen) atoms. The molecule has 0 heterocycles. The fraction of sp³-hybridized carbons (Fsp3) is 0.278. The number of sulfonamides is 1. The molecule has 0 radical (unpaired) electrons. The van der Waals surface area contributed by atoms with Gasteiger partial charge in [-0.3, -0.25) is 13.9 Å². The number of aryl methyl sites for hydroxylation is 3. The Hall–Kier alpha value is -4.14. The Labute approximate surface area is 271 Å². The minimum atomic E-state index is -4.17. The van der Waals surface area contributed by atoms with Crippen LogP contribution in [0.15, 0.2) is 102 Å². The summed E-state index contributed by atoms with van der Waals surface area (Å²) in [7, 11) is -4.17. The van der Waals surface area contributed by atoms with Crippen LogP contribution >= 0.6 is 11.6 Å². The first-order valence-corrected chi connectivity index (χ1v) is 16.8. The topological polar surface area (TPSA) is 86.8 Å². The standard InChI is InChI=1S/C36H40ClN3O4S/c1-5-18-38-36(42)34(23-29-10-7-6-8-11-29)39(24-30-12-9-13-31(37)22-30)35(41)25-40(32-20-27(3)19-28(4)21-32)45(43,44)33-16-14-26(2)15-17-33/h6-17,19-22,34H,5,18,23-25H2,1-4H3,(H,38,42)/t34-/m0/s1. The van der Waals surface area contributed by atoms with Crippen LogP contribution in [0.3, 0.4) is 0 Å². The third-order valence-electron chi connectivity index (χ3n) is 7.44. The molecule has 0 unspecified atom stereocenters. The van der Waals surface area contributed by atoms with Gasteiger partial charge in [0, 0.05) is 24.5 Å². The molecule has 0 aliphatic carbocycles. The van der Waals surface area contributed by atoms with E-state index in [4.69, 9.17) is 11.6 Å². The smallest absolute Gasteiger partial charge is 0.264 e. The zero-order valence-electron chi connectivity index (χ0n) is 26.2. The minimum Gasteiger partial charge on any atom is -0.354 e. The summed E-state index contributed by atoms with van der Waals surface area (Å²) in [6.07, 6.45) is 0.971. The Kier molecular flexibility index (Phi) is 11.4. The van der Waals surface area contributed by atoms with Gasteiger partial charge in [-0.05, 0) is 85.8 Å².